The van der Waals surface area contributed by atoms with Gasteiger partial charge >= 0.3 is 0 Å². The summed E-state index contributed by atoms with van der Waals surface area (Å²) < 4.78 is 5.37. The normalized spacial score (nSPS) is 20.1. The SMILES string of the molecule is COc1ccccc1N1CCCC1CON. The molecule has 1 atom stereocenters. The molecule has 1 fully saturated rings. The minimum atomic E-state index is 0.362. The zero-order chi connectivity index (χ0) is 11.4. The Morgan fingerprint density at radius 3 is 3.00 bits per heavy atom. The van der Waals surface area contributed by atoms with Gasteiger partial charge in [0.2, 0.25) is 0 Å². The topological polar surface area (TPSA) is 47.7 Å². The summed E-state index contributed by atoms with van der Waals surface area (Å²) in [5, 5.41) is 0. The van der Waals surface area contributed by atoms with E-state index < -0.39 is 0 Å². The van der Waals surface area contributed by atoms with Gasteiger partial charge in [0, 0.05) is 6.54 Å². The summed E-state index contributed by atoms with van der Waals surface area (Å²) in [4.78, 5) is 7.08. The second-order valence-electron chi connectivity index (χ2n) is 3.99. The molecule has 0 amide bonds. The van der Waals surface area contributed by atoms with E-state index in [4.69, 9.17) is 15.5 Å². The van der Waals surface area contributed by atoms with Crippen molar-refractivity contribution in [2.24, 2.45) is 5.90 Å². The second kappa shape index (κ2) is 5.18. The molecule has 1 unspecified atom stereocenters. The molecule has 1 aromatic carbocycles. The third kappa shape index (κ3) is 2.13. The molecule has 0 saturated carbocycles. The number of rotatable bonds is 4. The Hall–Kier alpha value is -1.26. The molecule has 0 bridgehead atoms. The van der Waals surface area contributed by atoms with Crippen molar-refractivity contribution in [2.45, 2.75) is 18.9 Å². The molecule has 0 spiro atoms. The third-order valence-corrected chi connectivity index (χ3v) is 3.06. The largest absolute Gasteiger partial charge is 0.495 e. The number of para-hydroxylation sites is 2. The minimum Gasteiger partial charge on any atom is -0.495 e. The van der Waals surface area contributed by atoms with E-state index >= 15 is 0 Å². The molecule has 16 heavy (non-hydrogen) atoms. The predicted octanol–water partition coefficient (Wildman–Crippen LogP) is 1.55. The van der Waals surface area contributed by atoms with Crippen molar-refractivity contribution in [2.75, 3.05) is 25.2 Å². The van der Waals surface area contributed by atoms with Gasteiger partial charge in [0.25, 0.3) is 0 Å². The molecule has 4 heteroatoms. The van der Waals surface area contributed by atoms with Crippen LogP contribution in [0.15, 0.2) is 24.3 Å². The van der Waals surface area contributed by atoms with E-state index in [-0.39, 0.29) is 0 Å². The Bertz CT molecular complexity index is 344. The molecule has 1 aliphatic heterocycles. The maximum Gasteiger partial charge on any atom is 0.142 e. The maximum atomic E-state index is 5.37. The third-order valence-electron chi connectivity index (χ3n) is 3.06. The highest BCUT2D eigenvalue weighted by Crippen LogP contribution is 2.33. The van der Waals surface area contributed by atoms with E-state index in [1.807, 2.05) is 18.2 Å². The van der Waals surface area contributed by atoms with E-state index in [0.29, 0.717) is 12.6 Å². The van der Waals surface area contributed by atoms with Gasteiger partial charge in [0.05, 0.1) is 25.4 Å². The van der Waals surface area contributed by atoms with Crippen LogP contribution in [0.1, 0.15) is 12.8 Å². The first kappa shape index (κ1) is 11.2. The summed E-state index contributed by atoms with van der Waals surface area (Å²) in [5.74, 6) is 6.07. The Morgan fingerprint density at radius 1 is 1.44 bits per heavy atom. The smallest absolute Gasteiger partial charge is 0.142 e. The number of benzene rings is 1. The molecule has 1 heterocycles. The molecule has 1 saturated heterocycles. The average Bonchev–Trinajstić information content (AvgIpc) is 2.77. The fourth-order valence-corrected chi connectivity index (χ4v) is 2.30. The molecule has 2 rings (SSSR count). The van der Waals surface area contributed by atoms with Gasteiger partial charge in [-0.15, -0.1) is 0 Å². The number of nitrogens with two attached hydrogens (primary N) is 1. The Kier molecular flexibility index (Phi) is 3.64. The molecule has 0 aliphatic carbocycles. The van der Waals surface area contributed by atoms with Crippen LogP contribution >= 0.6 is 0 Å². The quantitative estimate of drug-likeness (QED) is 0.785. The zero-order valence-corrected chi connectivity index (χ0v) is 9.56. The second-order valence-corrected chi connectivity index (χ2v) is 3.99. The van der Waals surface area contributed by atoms with Gasteiger partial charge in [-0.3, -0.25) is 0 Å². The van der Waals surface area contributed by atoms with Crippen molar-refractivity contribution in [1.82, 2.24) is 0 Å². The average molecular weight is 222 g/mol. The van der Waals surface area contributed by atoms with Gasteiger partial charge in [-0.2, -0.15) is 0 Å². The molecule has 1 aliphatic rings. The lowest BCUT2D eigenvalue weighted by atomic mass is 10.2. The first-order chi connectivity index (χ1) is 7.86. The van der Waals surface area contributed by atoms with Crippen LogP contribution in [0.2, 0.25) is 0 Å². The number of ether oxygens (including phenoxy) is 1. The Morgan fingerprint density at radius 2 is 2.25 bits per heavy atom. The lowest BCUT2D eigenvalue weighted by Gasteiger charge is -2.27. The highest BCUT2D eigenvalue weighted by Gasteiger charge is 2.26. The number of nitrogens with zero attached hydrogens (tertiary/aromatic N) is 1. The van der Waals surface area contributed by atoms with Crippen molar-refractivity contribution in [1.29, 1.82) is 0 Å². The van der Waals surface area contributed by atoms with Crippen molar-refractivity contribution in [3.05, 3.63) is 24.3 Å². The van der Waals surface area contributed by atoms with Crippen LogP contribution in [-0.2, 0) is 4.84 Å². The summed E-state index contributed by atoms with van der Waals surface area (Å²) in [7, 11) is 1.70. The molecule has 4 nitrogen and oxygen atoms in total. The molecule has 88 valence electrons. The number of hydrogen-bond acceptors (Lipinski definition) is 4. The lowest BCUT2D eigenvalue weighted by molar-refractivity contribution is 0.124. The van der Waals surface area contributed by atoms with Gasteiger partial charge in [0.15, 0.2) is 0 Å². The van der Waals surface area contributed by atoms with Gasteiger partial charge in [-0.25, -0.2) is 5.90 Å². The first-order valence-electron chi connectivity index (χ1n) is 5.58. The van der Waals surface area contributed by atoms with E-state index in [0.717, 1.165) is 24.4 Å². The lowest BCUT2D eigenvalue weighted by Crippen LogP contribution is -2.34. The van der Waals surface area contributed by atoms with Gasteiger partial charge < -0.3 is 14.5 Å². The van der Waals surface area contributed by atoms with Crippen LogP contribution in [-0.4, -0.2) is 26.3 Å². The number of hydrogen-bond donors (Lipinski definition) is 1. The predicted molar refractivity (Wildman–Crippen MR) is 63.5 cm³/mol. The summed E-state index contributed by atoms with van der Waals surface area (Å²) in [6.07, 6.45) is 2.29. The monoisotopic (exact) mass is 222 g/mol. The zero-order valence-electron chi connectivity index (χ0n) is 9.56. The van der Waals surface area contributed by atoms with Crippen LogP contribution < -0.4 is 15.5 Å². The van der Waals surface area contributed by atoms with Crippen molar-refractivity contribution in [3.8, 4) is 5.75 Å². The van der Waals surface area contributed by atoms with E-state index in [9.17, 15) is 0 Å². The van der Waals surface area contributed by atoms with Gasteiger partial charge in [-0.05, 0) is 25.0 Å². The molecular formula is C12H18N2O2. The molecule has 1 aromatic rings. The van der Waals surface area contributed by atoms with Crippen LogP contribution in [0.5, 0.6) is 5.75 Å². The fourth-order valence-electron chi connectivity index (χ4n) is 2.30. The molecule has 0 radical (unpaired) electrons. The minimum absolute atomic E-state index is 0.362. The molecule has 0 aromatic heterocycles. The maximum absolute atomic E-state index is 5.37. The number of anilines is 1. The van der Waals surface area contributed by atoms with E-state index in [1.165, 1.54) is 6.42 Å². The molecule has 2 N–H and O–H groups in total. The number of methoxy groups -OCH3 is 1. The van der Waals surface area contributed by atoms with Crippen LogP contribution in [0.3, 0.4) is 0 Å². The Balaban J connectivity index is 2.21. The van der Waals surface area contributed by atoms with Crippen LogP contribution in [0.4, 0.5) is 5.69 Å². The van der Waals surface area contributed by atoms with Crippen LogP contribution in [0, 0.1) is 0 Å². The van der Waals surface area contributed by atoms with E-state index in [1.54, 1.807) is 7.11 Å². The fraction of sp³-hybridized carbons (Fsp3) is 0.500. The highest BCUT2D eigenvalue weighted by molar-refractivity contribution is 5.59. The van der Waals surface area contributed by atoms with E-state index in [2.05, 4.69) is 11.0 Å². The Labute approximate surface area is 95.9 Å². The summed E-state index contributed by atoms with van der Waals surface area (Å²) in [6.45, 7) is 1.60. The van der Waals surface area contributed by atoms with Gasteiger partial charge in [0.1, 0.15) is 5.75 Å². The first-order valence-corrected chi connectivity index (χ1v) is 5.58. The van der Waals surface area contributed by atoms with Crippen molar-refractivity contribution >= 4 is 5.69 Å². The van der Waals surface area contributed by atoms with Crippen molar-refractivity contribution < 1.29 is 9.57 Å². The highest BCUT2D eigenvalue weighted by atomic mass is 16.6. The summed E-state index contributed by atoms with van der Waals surface area (Å²) in [5.41, 5.74) is 1.13. The molecular weight excluding hydrogens is 204 g/mol. The van der Waals surface area contributed by atoms with Crippen molar-refractivity contribution in [3.63, 3.8) is 0 Å². The van der Waals surface area contributed by atoms with Gasteiger partial charge in [-0.1, -0.05) is 12.1 Å². The summed E-state index contributed by atoms with van der Waals surface area (Å²) in [6, 6.07) is 8.42. The summed E-state index contributed by atoms with van der Waals surface area (Å²) >= 11 is 0. The standard InChI is InChI=1S/C12H18N2O2/c1-15-12-7-3-2-6-11(12)14-8-4-5-10(14)9-16-13/h2-3,6-7,10H,4-5,8-9,13H2,1H3. The van der Waals surface area contributed by atoms with Crippen LogP contribution in [0.25, 0.3) is 0 Å².